The number of carboxylic acid groups (broad SMARTS) is 1. The molecule has 6 atom stereocenters. The van der Waals surface area contributed by atoms with Crippen LogP contribution in [0, 0.1) is 19.8 Å². The Hall–Kier alpha value is -4.24. The number of hydrogen-bond donors (Lipinski definition) is 5. The number of carbonyl (C=O) groups excluding carboxylic acids is 4. The minimum atomic E-state index is -1.09. The second kappa shape index (κ2) is 22.1. The molecule has 2 aromatic carbocycles. The Bertz CT molecular complexity index is 1480. The van der Waals surface area contributed by atoms with Gasteiger partial charge in [0, 0.05) is 38.3 Å². The van der Waals surface area contributed by atoms with E-state index in [1.807, 2.05) is 69.3 Å². The number of halogens is 1. The molecule has 2 aromatic rings. The van der Waals surface area contributed by atoms with Crippen LogP contribution in [0.25, 0.3) is 0 Å². The van der Waals surface area contributed by atoms with E-state index in [9.17, 15) is 29.1 Å². The molecule has 2 aliphatic rings. The zero-order chi connectivity index (χ0) is 39.2. The smallest absolute Gasteiger partial charge is 0.408 e. The van der Waals surface area contributed by atoms with Gasteiger partial charge >= 0.3 is 24.0 Å². The molecule has 15 heteroatoms. The number of aryl methyl sites for hydroxylation is 2. The van der Waals surface area contributed by atoms with E-state index in [-0.39, 0.29) is 55.6 Å². The molecule has 0 aliphatic carbocycles. The minimum Gasteiger partial charge on any atom is -0.480 e. The van der Waals surface area contributed by atoms with Crippen LogP contribution in [0.3, 0.4) is 0 Å². The van der Waals surface area contributed by atoms with E-state index >= 15 is 0 Å². The molecule has 2 saturated heterocycles. The number of amides is 2. The number of likely N-dealkylation sites (tertiary alicyclic amines) is 1. The number of alkyl carbamates (subject to hydrolysis) is 1. The fourth-order valence-corrected chi connectivity index (χ4v) is 5.51. The normalized spacial score (nSPS) is 20.2. The molecule has 0 unspecified atom stereocenters. The van der Waals surface area contributed by atoms with Crippen molar-refractivity contribution in [2.75, 3.05) is 27.3 Å². The molecule has 53 heavy (non-hydrogen) atoms. The van der Waals surface area contributed by atoms with Gasteiger partial charge in [-0.2, -0.15) is 0 Å². The average Bonchev–Trinajstić information content (AvgIpc) is 3.70. The lowest BCUT2D eigenvalue weighted by atomic mass is 9.98. The van der Waals surface area contributed by atoms with Crippen molar-refractivity contribution < 1.29 is 53.5 Å². The summed E-state index contributed by atoms with van der Waals surface area (Å²) in [7, 11) is 2.64. The number of hydrogen-bond acceptors (Lipinski definition) is 11. The summed E-state index contributed by atoms with van der Waals surface area (Å²) in [5.74, 6) is -2.21. The van der Waals surface area contributed by atoms with Gasteiger partial charge in [0.05, 0.1) is 26.4 Å². The third-order valence-corrected chi connectivity index (χ3v) is 8.26. The number of aliphatic hydroxyl groups is 2. The molecule has 2 heterocycles. The van der Waals surface area contributed by atoms with E-state index < -0.39 is 47.9 Å². The summed E-state index contributed by atoms with van der Waals surface area (Å²) < 4.78 is 14.3. The van der Waals surface area contributed by atoms with Crippen LogP contribution in [0.2, 0.25) is 0 Å². The Morgan fingerprint density at radius 3 is 1.79 bits per heavy atom. The summed E-state index contributed by atoms with van der Waals surface area (Å²) in [6.45, 7) is 11.7. The first-order valence-corrected chi connectivity index (χ1v) is 17.2. The fourth-order valence-electron chi connectivity index (χ4n) is 5.51. The van der Waals surface area contributed by atoms with E-state index in [4.69, 9.17) is 19.7 Å². The molecule has 0 radical (unpaired) electrons. The van der Waals surface area contributed by atoms with Crippen molar-refractivity contribution in [1.29, 1.82) is 0 Å². The Labute approximate surface area is 318 Å². The molecule has 2 amide bonds. The molecule has 0 aromatic heterocycles. The number of carboxylic acids is 1. The van der Waals surface area contributed by atoms with Gasteiger partial charge in [-0.05, 0) is 52.2 Å². The molecule has 0 bridgehead atoms. The highest BCUT2D eigenvalue weighted by Gasteiger charge is 2.40. The highest BCUT2D eigenvalue weighted by molar-refractivity contribution is 5.86. The fraction of sp³-hybridized carbons (Fsp3) is 0.553. The molecular formula is C38H56ClN3O11. The quantitative estimate of drug-likeness (QED) is 0.185. The molecule has 14 nitrogen and oxygen atoms in total. The van der Waals surface area contributed by atoms with E-state index in [0.717, 1.165) is 16.7 Å². The Morgan fingerprint density at radius 1 is 0.849 bits per heavy atom. The van der Waals surface area contributed by atoms with Crippen molar-refractivity contribution >= 4 is 42.3 Å². The molecule has 4 rings (SSSR count). The van der Waals surface area contributed by atoms with Crippen molar-refractivity contribution in [3.05, 3.63) is 70.8 Å². The lowest BCUT2D eigenvalue weighted by Crippen LogP contribution is -2.44. The summed E-state index contributed by atoms with van der Waals surface area (Å²) in [5, 5.41) is 33.1. The third-order valence-electron chi connectivity index (χ3n) is 8.26. The first kappa shape index (κ1) is 46.8. The lowest BCUT2D eigenvalue weighted by molar-refractivity contribution is -0.152. The maximum Gasteiger partial charge on any atom is 0.408 e. The topological polar surface area (TPSA) is 201 Å². The lowest BCUT2D eigenvalue weighted by Gasteiger charge is -2.25. The van der Waals surface area contributed by atoms with Gasteiger partial charge in [-0.1, -0.05) is 66.6 Å². The predicted octanol–water partition coefficient (Wildman–Crippen LogP) is 3.13. The number of nitrogens with zero attached hydrogens (tertiary/aromatic N) is 1. The van der Waals surface area contributed by atoms with Gasteiger partial charge in [0.1, 0.15) is 23.7 Å². The molecule has 296 valence electrons. The van der Waals surface area contributed by atoms with Gasteiger partial charge in [-0.3, -0.25) is 9.59 Å². The van der Waals surface area contributed by atoms with Crippen LogP contribution in [0.1, 0.15) is 62.8 Å². The van der Waals surface area contributed by atoms with Gasteiger partial charge in [-0.15, -0.1) is 12.4 Å². The highest BCUT2D eigenvalue weighted by Crippen LogP contribution is 2.23. The molecule has 2 aliphatic heterocycles. The number of aliphatic carboxylic acids is 1. The maximum absolute atomic E-state index is 12.6. The summed E-state index contributed by atoms with van der Waals surface area (Å²) in [6.07, 6.45) is -0.252. The first-order valence-electron chi connectivity index (χ1n) is 17.2. The SMILES string of the molecule is COC(=O)[C@@H]1C[C@@H](O)CN1.COC(=O)[C@@H]1C[C@@H](O)CN1C(=O)[C@H](C)Cc1ccc(C)cc1.Cc1ccc(C[C@H](NC(=O)OC(C)(C)C)C(=O)O)cc1.Cl. The molecule has 2 fully saturated rings. The second-order valence-electron chi connectivity index (χ2n) is 14.1. The maximum atomic E-state index is 12.6. The highest BCUT2D eigenvalue weighted by atomic mass is 35.5. The second-order valence-corrected chi connectivity index (χ2v) is 14.1. The van der Waals surface area contributed by atoms with Gasteiger partial charge in [0.15, 0.2) is 0 Å². The number of β-amino-alcohol motifs (C(OH)–C–C–N with tert-alkyl or cyclic N) is 2. The minimum absolute atomic E-state index is 0. The zero-order valence-corrected chi connectivity index (χ0v) is 32.6. The van der Waals surface area contributed by atoms with E-state index in [2.05, 4.69) is 15.4 Å². The molecule has 5 N–H and O–H groups in total. The van der Waals surface area contributed by atoms with Crippen molar-refractivity contribution in [3.8, 4) is 0 Å². The largest absolute Gasteiger partial charge is 0.480 e. The standard InChI is InChI=1S/C17H23NO4.C15H21NO4.C6H11NO3.ClH/c1-11-4-6-13(7-5-11)8-12(2)16(20)18-10-14(19)9-15(18)17(21)22-3;1-10-5-7-11(8-6-10)9-12(13(17)18)16-14(19)20-15(2,3)4;1-10-6(9)5-2-4(8)3-7-5;/h4-7,12,14-15,19H,8-10H2,1-3H3;5-8,12H,9H2,1-4H3,(H,16,19)(H,17,18);4-5,7-8H,2-3H2,1H3;1H/t12-,14-,15+;12-;4-,5+;/m101./s1. The van der Waals surface area contributed by atoms with Crippen molar-refractivity contribution in [1.82, 2.24) is 15.5 Å². The number of carbonyl (C=O) groups is 5. The van der Waals surface area contributed by atoms with Crippen molar-refractivity contribution in [2.24, 2.45) is 5.92 Å². The van der Waals surface area contributed by atoms with Crippen LogP contribution in [0.4, 0.5) is 4.79 Å². The number of nitrogens with one attached hydrogen (secondary N) is 2. The van der Waals surface area contributed by atoms with Crippen LogP contribution < -0.4 is 10.6 Å². The molecular weight excluding hydrogens is 710 g/mol. The molecule has 0 saturated carbocycles. The van der Waals surface area contributed by atoms with Gasteiger partial charge in [-0.25, -0.2) is 14.4 Å². The van der Waals surface area contributed by atoms with E-state index in [1.165, 1.54) is 24.7 Å². The molecule has 0 spiro atoms. The average molecular weight is 766 g/mol. The van der Waals surface area contributed by atoms with Crippen LogP contribution in [-0.2, 0) is 46.2 Å². The number of methoxy groups -OCH3 is 2. The van der Waals surface area contributed by atoms with Crippen LogP contribution in [0.5, 0.6) is 0 Å². The van der Waals surface area contributed by atoms with Crippen LogP contribution >= 0.6 is 12.4 Å². The Kier molecular flexibility index (Phi) is 19.5. The van der Waals surface area contributed by atoms with Gasteiger partial charge in [0.2, 0.25) is 5.91 Å². The van der Waals surface area contributed by atoms with E-state index in [0.29, 0.717) is 19.4 Å². The monoisotopic (exact) mass is 765 g/mol. The van der Waals surface area contributed by atoms with Crippen molar-refractivity contribution in [3.63, 3.8) is 0 Å². The van der Waals surface area contributed by atoms with Crippen LogP contribution in [-0.4, -0.2) is 113 Å². The number of aliphatic hydroxyl groups excluding tert-OH is 2. The third kappa shape index (κ3) is 16.5. The first-order chi connectivity index (χ1) is 24.3. The number of ether oxygens (including phenoxy) is 3. The van der Waals surface area contributed by atoms with Crippen LogP contribution in [0.15, 0.2) is 48.5 Å². The van der Waals surface area contributed by atoms with E-state index in [1.54, 1.807) is 20.8 Å². The Morgan fingerprint density at radius 2 is 1.36 bits per heavy atom. The van der Waals surface area contributed by atoms with Gasteiger partial charge < -0.3 is 45.1 Å². The number of rotatable bonds is 9. The summed E-state index contributed by atoms with van der Waals surface area (Å²) in [5.41, 5.74) is 3.55. The van der Waals surface area contributed by atoms with Gasteiger partial charge in [0.25, 0.3) is 0 Å². The summed E-state index contributed by atoms with van der Waals surface area (Å²) >= 11 is 0. The zero-order valence-electron chi connectivity index (χ0n) is 31.8. The number of esters is 2. The summed E-state index contributed by atoms with van der Waals surface area (Å²) in [4.78, 5) is 59.4. The summed E-state index contributed by atoms with van der Waals surface area (Å²) in [6, 6.07) is 13.6. The predicted molar refractivity (Wildman–Crippen MR) is 200 cm³/mol. The Balaban J connectivity index is 0.000000419. The number of benzene rings is 2. The van der Waals surface area contributed by atoms with Crippen molar-refractivity contribution in [2.45, 2.75) is 103 Å².